The molecule has 0 bridgehead atoms. The van der Waals surface area contributed by atoms with Crippen molar-refractivity contribution in [3.8, 4) is 5.75 Å². The molecule has 1 aromatic carbocycles. The van der Waals surface area contributed by atoms with E-state index in [1.54, 1.807) is 46.2 Å². The van der Waals surface area contributed by atoms with Crippen molar-refractivity contribution < 1.29 is 19.2 Å². The van der Waals surface area contributed by atoms with Gasteiger partial charge in [-0.2, -0.15) is 0 Å². The van der Waals surface area contributed by atoms with E-state index >= 15 is 0 Å². The smallest absolute Gasteiger partial charge is 0.385 e. The average Bonchev–Trinajstić information content (AvgIpc) is 2.93. The van der Waals surface area contributed by atoms with Crippen LogP contribution in [0.25, 0.3) is 10.9 Å². The summed E-state index contributed by atoms with van der Waals surface area (Å²) < 4.78 is 10.2. The molecule has 2 rings (SSSR count). The Balaban J connectivity index is 2.54. The number of rotatable bonds is 7. The molecule has 2 aromatic rings. The maximum Gasteiger partial charge on any atom is 0.385 e. The van der Waals surface area contributed by atoms with Gasteiger partial charge >= 0.3 is 11.5 Å². The number of esters is 1. The van der Waals surface area contributed by atoms with E-state index in [0.717, 1.165) is 10.9 Å². The summed E-state index contributed by atoms with van der Waals surface area (Å²) >= 11 is 0. The molecule has 0 aliphatic heterocycles. The van der Waals surface area contributed by atoms with Gasteiger partial charge in [0, 0.05) is 27.9 Å². The van der Waals surface area contributed by atoms with Crippen LogP contribution in [0.15, 0.2) is 24.4 Å². The number of H-pyrrole nitrogens is 1. The Hall–Kier alpha value is -2.57. The molecule has 0 saturated heterocycles. The van der Waals surface area contributed by atoms with Gasteiger partial charge < -0.3 is 14.5 Å². The van der Waals surface area contributed by atoms with Crippen LogP contribution >= 0.6 is 0 Å². The van der Waals surface area contributed by atoms with Crippen molar-refractivity contribution in [2.45, 2.75) is 32.7 Å². The van der Waals surface area contributed by atoms with E-state index in [0.29, 0.717) is 11.3 Å². The summed E-state index contributed by atoms with van der Waals surface area (Å²) in [6, 6.07) is 5.44. The Labute approximate surface area is 140 Å². The molecule has 0 amide bonds. The van der Waals surface area contributed by atoms with Crippen LogP contribution in [-0.2, 0) is 16.0 Å². The summed E-state index contributed by atoms with van der Waals surface area (Å²) in [6.07, 6.45) is 1.65. The Morgan fingerprint density at radius 2 is 2.12 bits per heavy atom. The number of nitrogens with zero attached hydrogens (tertiary/aromatic N) is 1. The lowest BCUT2D eigenvalue weighted by Crippen LogP contribution is -2.53. The Bertz CT molecular complexity index is 753. The Kier molecular flexibility index (Phi) is 5.11. The fraction of sp³-hybridized carbons (Fsp3) is 0.471. The molecule has 0 aliphatic rings. The maximum absolute atomic E-state index is 12.4. The molecular formula is C17H22N2O5. The van der Waals surface area contributed by atoms with Gasteiger partial charge in [0.05, 0.1) is 20.1 Å². The van der Waals surface area contributed by atoms with Crippen LogP contribution in [0.2, 0.25) is 0 Å². The van der Waals surface area contributed by atoms with E-state index in [9.17, 15) is 14.9 Å². The molecule has 0 fully saturated rings. The molecule has 0 saturated carbocycles. The molecule has 0 radical (unpaired) electrons. The molecule has 24 heavy (non-hydrogen) atoms. The molecule has 1 unspecified atom stereocenters. The Morgan fingerprint density at radius 3 is 2.67 bits per heavy atom. The second-order valence-electron chi connectivity index (χ2n) is 5.96. The lowest BCUT2D eigenvalue weighted by Gasteiger charge is -2.26. The van der Waals surface area contributed by atoms with Gasteiger partial charge in [-0.05, 0) is 30.7 Å². The van der Waals surface area contributed by atoms with Crippen LogP contribution in [-0.4, -0.2) is 35.1 Å². The van der Waals surface area contributed by atoms with Crippen LogP contribution in [0.1, 0.15) is 26.3 Å². The number of methoxy groups -OCH3 is 1. The Morgan fingerprint density at radius 1 is 1.42 bits per heavy atom. The lowest BCUT2D eigenvalue weighted by atomic mass is 9.81. The molecule has 0 spiro atoms. The van der Waals surface area contributed by atoms with Gasteiger partial charge in [-0.15, -0.1) is 0 Å². The second kappa shape index (κ2) is 6.90. The van der Waals surface area contributed by atoms with Gasteiger partial charge in [0.25, 0.3) is 0 Å². The SMILES string of the molecule is CCOC(=O)C(Cc1c[nH]c2ccc(OC)cc12)(C(C)C)[N+](=O)[O-]. The summed E-state index contributed by atoms with van der Waals surface area (Å²) in [6.45, 7) is 5.06. The standard InChI is InChI=1S/C17H22N2O5/c1-5-24-16(20)17(11(2)3,19(21)22)9-12-10-18-15-7-6-13(23-4)8-14(12)15/h6-8,10-11,18H,5,9H2,1-4H3. The first kappa shape index (κ1) is 17.8. The number of hydrogen-bond acceptors (Lipinski definition) is 5. The minimum atomic E-state index is -1.83. The zero-order valence-electron chi connectivity index (χ0n) is 14.3. The minimum absolute atomic E-state index is 0.0519. The normalized spacial score (nSPS) is 13.7. The van der Waals surface area contributed by atoms with E-state index < -0.39 is 22.3 Å². The third kappa shape index (κ3) is 2.93. The van der Waals surface area contributed by atoms with E-state index in [2.05, 4.69) is 4.98 Å². The highest BCUT2D eigenvalue weighted by Crippen LogP contribution is 2.32. The summed E-state index contributed by atoms with van der Waals surface area (Å²) in [7, 11) is 1.56. The van der Waals surface area contributed by atoms with Crippen molar-refractivity contribution in [2.24, 2.45) is 5.92 Å². The van der Waals surface area contributed by atoms with Crippen molar-refractivity contribution in [1.29, 1.82) is 0 Å². The first-order chi connectivity index (χ1) is 11.4. The van der Waals surface area contributed by atoms with Crippen LogP contribution < -0.4 is 4.74 Å². The number of benzene rings is 1. The number of carbonyl (C=O) groups excluding carboxylic acids is 1. The van der Waals surface area contributed by atoms with Gasteiger partial charge in [-0.25, -0.2) is 4.79 Å². The zero-order valence-corrected chi connectivity index (χ0v) is 14.3. The highest BCUT2D eigenvalue weighted by molar-refractivity contribution is 5.86. The molecule has 0 aliphatic carbocycles. The topological polar surface area (TPSA) is 94.5 Å². The van der Waals surface area contributed by atoms with Gasteiger partial charge in [-0.1, -0.05) is 13.8 Å². The van der Waals surface area contributed by atoms with Crippen molar-refractivity contribution >= 4 is 16.9 Å². The number of aromatic amines is 1. The third-order valence-corrected chi connectivity index (χ3v) is 4.34. The van der Waals surface area contributed by atoms with Gasteiger partial charge in [0.15, 0.2) is 0 Å². The van der Waals surface area contributed by atoms with Crippen LogP contribution in [0, 0.1) is 16.0 Å². The largest absolute Gasteiger partial charge is 0.497 e. The molecule has 1 N–H and O–H groups in total. The number of ether oxygens (including phenoxy) is 2. The van der Waals surface area contributed by atoms with E-state index in [4.69, 9.17) is 9.47 Å². The summed E-state index contributed by atoms with van der Waals surface area (Å²) in [5, 5.41) is 12.6. The molecule has 1 aromatic heterocycles. The number of nitro groups is 1. The molecule has 1 heterocycles. The van der Waals surface area contributed by atoms with Crippen molar-refractivity contribution in [2.75, 3.05) is 13.7 Å². The molecule has 7 heteroatoms. The number of aromatic nitrogens is 1. The first-order valence-electron chi connectivity index (χ1n) is 7.82. The maximum atomic E-state index is 12.4. The zero-order chi connectivity index (χ0) is 17.9. The van der Waals surface area contributed by atoms with E-state index in [-0.39, 0.29) is 13.0 Å². The highest BCUT2D eigenvalue weighted by Gasteiger charge is 2.55. The van der Waals surface area contributed by atoms with Gasteiger partial charge in [-0.3, -0.25) is 10.1 Å². The van der Waals surface area contributed by atoms with E-state index in [1.165, 1.54) is 0 Å². The summed E-state index contributed by atoms with van der Waals surface area (Å²) in [5.74, 6) is -0.680. The van der Waals surface area contributed by atoms with Gasteiger partial charge in [0.2, 0.25) is 0 Å². The molecule has 1 atom stereocenters. The number of hydrogen-bond donors (Lipinski definition) is 1. The summed E-state index contributed by atoms with van der Waals surface area (Å²) in [4.78, 5) is 26.8. The third-order valence-electron chi connectivity index (χ3n) is 4.34. The summed E-state index contributed by atoms with van der Waals surface area (Å²) in [5.41, 5.74) is -0.313. The van der Waals surface area contributed by atoms with Crippen molar-refractivity contribution in [3.63, 3.8) is 0 Å². The van der Waals surface area contributed by atoms with Crippen LogP contribution in [0.3, 0.4) is 0 Å². The number of carbonyl (C=O) groups is 1. The average molecular weight is 334 g/mol. The van der Waals surface area contributed by atoms with Crippen molar-refractivity contribution in [3.05, 3.63) is 40.1 Å². The quantitative estimate of drug-likeness (QED) is 0.477. The minimum Gasteiger partial charge on any atom is -0.497 e. The predicted molar refractivity (Wildman–Crippen MR) is 89.8 cm³/mol. The van der Waals surface area contributed by atoms with Crippen LogP contribution in [0.4, 0.5) is 0 Å². The first-order valence-corrected chi connectivity index (χ1v) is 7.82. The highest BCUT2D eigenvalue weighted by atomic mass is 16.6. The number of fused-ring (bicyclic) bond motifs is 1. The molecule has 130 valence electrons. The fourth-order valence-corrected chi connectivity index (χ4v) is 2.84. The fourth-order valence-electron chi connectivity index (χ4n) is 2.84. The molecule has 7 nitrogen and oxygen atoms in total. The predicted octanol–water partition coefficient (Wildman–Crippen LogP) is 2.95. The van der Waals surface area contributed by atoms with Gasteiger partial charge in [0.1, 0.15) is 5.75 Å². The molecular weight excluding hydrogens is 312 g/mol. The second-order valence-corrected chi connectivity index (χ2v) is 5.96. The van der Waals surface area contributed by atoms with Crippen LogP contribution in [0.5, 0.6) is 5.75 Å². The lowest BCUT2D eigenvalue weighted by molar-refractivity contribution is -0.564. The van der Waals surface area contributed by atoms with Crippen molar-refractivity contribution in [1.82, 2.24) is 4.98 Å². The monoisotopic (exact) mass is 334 g/mol. The number of nitrogens with one attached hydrogen (secondary N) is 1. The van der Waals surface area contributed by atoms with E-state index in [1.807, 2.05) is 6.07 Å².